The summed E-state index contributed by atoms with van der Waals surface area (Å²) in [5, 5.41) is 4.10. The lowest BCUT2D eigenvalue weighted by atomic mass is 10.2. The van der Waals surface area contributed by atoms with Crippen molar-refractivity contribution in [2.45, 2.75) is 6.54 Å². The van der Waals surface area contributed by atoms with E-state index in [1.165, 1.54) is 0 Å². The SMILES string of the molecule is NCc1ccccc1-n1[c]ccn1. The van der Waals surface area contributed by atoms with Crippen molar-refractivity contribution in [3.05, 3.63) is 48.3 Å². The molecule has 0 unspecified atom stereocenters. The van der Waals surface area contributed by atoms with Crippen LogP contribution in [0, 0.1) is 6.20 Å². The highest BCUT2D eigenvalue weighted by Gasteiger charge is 2.01. The number of hydrogen-bond donors (Lipinski definition) is 1. The molecule has 3 nitrogen and oxygen atoms in total. The van der Waals surface area contributed by atoms with E-state index < -0.39 is 0 Å². The molecule has 2 N–H and O–H groups in total. The molecular weight excluding hydrogens is 162 g/mol. The van der Waals surface area contributed by atoms with Crippen LogP contribution in [-0.4, -0.2) is 9.78 Å². The molecule has 0 fully saturated rings. The summed E-state index contributed by atoms with van der Waals surface area (Å²) in [4.78, 5) is 0. The molecule has 0 spiro atoms. The maximum Gasteiger partial charge on any atom is 0.0926 e. The van der Waals surface area contributed by atoms with Crippen LogP contribution in [0.25, 0.3) is 5.69 Å². The van der Waals surface area contributed by atoms with Crippen molar-refractivity contribution in [2.75, 3.05) is 0 Å². The molecule has 65 valence electrons. The average molecular weight is 172 g/mol. The Morgan fingerprint density at radius 3 is 2.92 bits per heavy atom. The van der Waals surface area contributed by atoms with Crippen molar-refractivity contribution in [2.24, 2.45) is 5.73 Å². The fourth-order valence-corrected chi connectivity index (χ4v) is 1.26. The molecule has 0 aliphatic carbocycles. The maximum absolute atomic E-state index is 5.60. The molecule has 3 heteroatoms. The maximum atomic E-state index is 5.60. The highest BCUT2D eigenvalue weighted by Crippen LogP contribution is 2.11. The fraction of sp³-hybridized carbons (Fsp3) is 0.100. The van der Waals surface area contributed by atoms with E-state index in [4.69, 9.17) is 5.73 Å². The monoisotopic (exact) mass is 172 g/mol. The Balaban J connectivity index is 2.51. The van der Waals surface area contributed by atoms with Gasteiger partial charge in [0, 0.05) is 6.54 Å². The van der Waals surface area contributed by atoms with Crippen LogP contribution in [0.4, 0.5) is 0 Å². The van der Waals surface area contributed by atoms with Gasteiger partial charge in [0.15, 0.2) is 0 Å². The molecule has 0 aliphatic rings. The zero-order chi connectivity index (χ0) is 9.10. The Kier molecular flexibility index (Phi) is 2.10. The summed E-state index contributed by atoms with van der Waals surface area (Å²) < 4.78 is 1.70. The van der Waals surface area contributed by atoms with E-state index in [2.05, 4.69) is 11.3 Å². The van der Waals surface area contributed by atoms with Crippen LogP contribution in [0.1, 0.15) is 5.56 Å². The van der Waals surface area contributed by atoms with Gasteiger partial charge in [-0.1, -0.05) is 18.2 Å². The molecular formula is C10H10N3. The summed E-state index contributed by atoms with van der Waals surface area (Å²) >= 11 is 0. The van der Waals surface area contributed by atoms with E-state index in [0.717, 1.165) is 11.3 Å². The van der Waals surface area contributed by atoms with Crippen LogP contribution in [0.15, 0.2) is 36.5 Å². The first kappa shape index (κ1) is 8.01. The Bertz CT molecular complexity index is 379. The molecule has 0 aliphatic heterocycles. The number of benzene rings is 1. The second kappa shape index (κ2) is 3.41. The third-order valence-corrected chi connectivity index (χ3v) is 1.89. The van der Waals surface area contributed by atoms with E-state index >= 15 is 0 Å². The van der Waals surface area contributed by atoms with E-state index in [-0.39, 0.29) is 0 Å². The van der Waals surface area contributed by atoms with Gasteiger partial charge >= 0.3 is 0 Å². The first-order chi connectivity index (χ1) is 6.42. The second-order valence-corrected chi connectivity index (χ2v) is 2.70. The van der Waals surface area contributed by atoms with Gasteiger partial charge < -0.3 is 5.73 Å². The van der Waals surface area contributed by atoms with Gasteiger partial charge in [-0.05, 0) is 17.7 Å². The summed E-state index contributed by atoms with van der Waals surface area (Å²) in [6.07, 6.45) is 4.68. The number of nitrogens with zero attached hydrogens (tertiary/aromatic N) is 2. The Morgan fingerprint density at radius 2 is 2.23 bits per heavy atom. The van der Waals surface area contributed by atoms with E-state index in [9.17, 15) is 0 Å². The van der Waals surface area contributed by atoms with Gasteiger partial charge in [0.25, 0.3) is 0 Å². The zero-order valence-corrected chi connectivity index (χ0v) is 7.14. The molecule has 0 amide bonds. The number of aromatic nitrogens is 2. The standard InChI is InChI=1S/C10H10N3/c11-8-9-4-1-2-5-10(9)13-7-3-6-12-13/h1-6H,8,11H2. The van der Waals surface area contributed by atoms with Crippen LogP contribution < -0.4 is 5.73 Å². The molecule has 0 saturated heterocycles. The van der Waals surface area contributed by atoms with Crippen molar-refractivity contribution in [1.82, 2.24) is 9.78 Å². The Morgan fingerprint density at radius 1 is 1.38 bits per heavy atom. The molecule has 2 rings (SSSR count). The topological polar surface area (TPSA) is 43.8 Å². The summed E-state index contributed by atoms with van der Waals surface area (Å²) in [5.74, 6) is 0. The van der Waals surface area contributed by atoms with Crippen LogP contribution in [-0.2, 0) is 6.54 Å². The highest BCUT2D eigenvalue weighted by molar-refractivity contribution is 5.39. The first-order valence-electron chi connectivity index (χ1n) is 4.12. The lowest BCUT2D eigenvalue weighted by molar-refractivity contribution is 0.853. The van der Waals surface area contributed by atoms with E-state index in [1.54, 1.807) is 16.9 Å². The van der Waals surface area contributed by atoms with Crippen molar-refractivity contribution in [3.8, 4) is 5.69 Å². The molecule has 0 bridgehead atoms. The minimum Gasteiger partial charge on any atom is -0.326 e. The predicted octanol–water partition coefficient (Wildman–Crippen LogP) is 1.13. The molecule has 13 heavy (non-hydrogen) atoms. The van der Waals surface area contributed by atoms with Gasteiger partial charge in [-0.2, -0.15) is 5.10 Å². The van der Waals surface area contributed by atoms with Crippen LogP contribution >= 0.6 is 0 Å². The van der Waals surface area contributed by atoms with Crippen molar-refractivity contribution in [3.63, 3.8) is 0 Å². The fourth-order valence-electron chi connectivity index (χ4n) is 1.26. The third kappa shape index (κ3) is 1.46. The number of hydrogen-bond acceptors (Lipinski definition) is 2. The smallest absolute Gasteiger partial charge is 0.0926 e. The number of nitrogens with two attached hydrogens (primary N) is 1. The normalized spacial score (nSPS) is 10.2. The Labute approximate surface area is 76.8 Å². The average Bonchev–Trinajstić information content (AvgIpc) is 2.70. The number of rotatable bonds is 2. The van der Waals surface area contributed by atoms with E-state index in [0.29, 0.717) is 6.54 Å². The van der Waals surface area contributed by atoms with Gasteiger partial charge in [-0.15, -0.1) is 0 Å². The van der Waals surface area contributed by atoms with Crippen molar-refractivity contribution in [1.29, 1.82) is 0 Å². The molecule has 0 saturated carbocycles. The largest absolute Gasteiger partial charge is 0.326 e. The molecule has 2 aromatic rings. The summed E-state index contributed by atoms with van der Waals surface area (Å²) in [7, 11) is 0. The Hall–Kier alpha value is -1.61. The summed E-state index contributed by atoms with van der Waals surface area (Å²) in [5.41, 5.74) is 7.67. The van der Waals surface area contributed by atoms with Gasteiger partial charge in [0.2, 0.25) is 0 Å². The first-order valence-corrected chi connectivity index (χ1v) is 4.12. The van der Waals surface area contributed by atoms with Gasteiger partial charge in [0.05, 0.1) is 18.1 Å². The molecule has 1 aromatic carbocycles. The lowest BCUT2D eigenvalue weighted by Crippen LogP contribution is -2.04. The molecule has 1 radical (unpaired) electrons. The van der Waals surface area contributed by atoms with Crippen LogP contribution in [0.3, 0.4) is 0 Å². The van der Waals surface area contributed by atoms with Crippen molar-refractivity contribution >= 4 is 0 Å². The van der Waals surface area contributed by atoms with Gasteiger partial charge in [-0.25, -0.2) is 4.68 Å². The zero-order valence-electron chi connectivity index (χ0n) is 7.14. The second-order valence-electron chi connectivity index (χ2n) is 2.70. The van der Waals surface area contributed by atoms with Gasteiger partial charge in [0.1, 0.15) is 0 Å². The quantitative estimate of drug-likeness (QED) is 0.738. The third-order valence-electron chi connectivity index (χ3n) is 1.89. The minimum atomic E-state index is 0.518. The highest BCUT2D eigenvalue weighted by atomic mass is 15.3. The van der Waals surface area contributed by atoms with Crippen LogP contribution in [0.2, 0.25) is 0 Å². The molecule has 1 aromatic heterocycles. The summed E-state index contributed by atoms with van der Waals surface area (Å²) in [6, 6.07) is 9.67. The number of para-hydroxylation sites is 1. The van der Waals surface area contributed by atoms with Crippen molar-refractivity contribution < 1.29 is 0 Å². The summed E-state index contributed by atoms with van der Waals surface area (Å²) in [6.45, 7) is 0.518. The van der Waals surface area contributed by atoms with Crippen LogP contribution in [0.5, 0.6) is 0 Å². The van der Waals surface area contributed by atoms with E-state index in [1.807, 2.05) is 24.3 Å². The lowest BCUT2D eigenvalue weighted by Gasteiger charge is -2.05. The minimum absolute atomic E-state index is 0.518. The molecule has 0 atom stereocenters. The predicted molar refractivity (Wildman–Crippen MR) is 50.3 cm³/mol. The van der Waals surface area contributed by atoms with Gasteiger partial charge in [-0.3, -0.25) is 0 Å². The molecule has 1 heterocycles.